The third-order valence-electron chi connectivity index (χ3n) is 3.52. The maximum Gasteiger partial charge on any atom is 0.262 e. The fourth-order valence-corrected chi connectivity index (χ4v) is 2.46. The number of carbonyl (C=O) groups is 2. The number of fused-ring (bicyclic) bond motifs is 3. The molecule has 1 spiro atoms. The number of rotatable bonds is 0. The van der Waals surface area contributed by atoms with Crippen molar-refractivity contribution in [3.8, 4) is 11.5 Å². The zero-order valence-electron chi connectivity index (χ0n) is 9.41. The van der Waals surface area contributed by atoms with Crippen LogP contribution in [0.25, 0.3) is 0 Å². The molecule has 0 radical (unpaired) electrons. The molecule has 0 atom stereocenters. The van der Waals surface area contributed by atoms with Crippen LogP contribution in [0.4, 0.5) is 0 Å². The van der Waals surface area contributed by atoms with Crippen molar-refractivity contribution >= 4 is 11.8 Å². The molecule has 0 aromatic heterocycles. The summed E-state index contributed by atoms with van der Waals surface area (Å²) >= 11 is 0. The molecule has 2 amide bonds. The molecule has 1 saturated heterocycles. The van der Waals surface area contributed by atoms with E-state index in [1.54, 1.807) is 12.1 Å². The van der Waals surface area contributed by atoms with E-state index >= 15 is 0 Å². The average molecular weight is 246 g/mol. The van der Waals surface area contributed by atoms with Gasteiger partial charge in [0.15, 0.2) is 17.1 Å². The van der Waals surface area contributed by atoms with Crippen molar-refractivity contribution in [1.29, 1.82) is 0 Å². The molecule has 2 N–H and O–H groups in total. The summed E-state index contributed by atoms with van der Waals surface area (Å²) < 4.78 is 11.6. The molecule has 3 aliphatic rings. The van der Waals surface area contributed by atoms with Crippen molar-refractivity contribution < 1.29 is 19.1 Å². The van der Waals surface area contributed by atoms with Crippen LogP contribution in [-0.4, -0.2) is 37.1 Å². The van der Waals surface area contributed by atoms with E-state index in [0.29, 0.717) is 42.3 Å². The highest BCUT2D eigenvalue weighted by Crippen LogP contribution is 2.42. The predicted molar refractivity (Wildman–Crippen MR) is 60.0 cm³/mol. The van der Waals surface area contributed by atoms with E-state index in [1.807, 2.05) is 0 Å². The maximum absolute atomic E-state index is 11.8. The number of hydrogen-bond donors (Lipinski definition) is 2. The van der Waals surface area contributed by atoms with Gasteiger partial charge in [0, 0.05) is 13.1 Å². The first-order chi connectivity index (χ1) is 8.69. The van der Waals surface area contributed by atoms with Gasteiger partial charge < -0.3 is 14.8 Å². The van der Waals surface area contributed by atoms with Crippen LogP contribution < -0.4 is 20.1 Å². The molecule has 1 aromatic rings. The Morgan fingerprint density at radius 1 is 1.17 bits per heavy atom. The number of ether oxygens (including phenoxy) is 2. The van der Waals surface area contributed by atoms with Crippen LogP contribution in [0.2, 0.25) is 0 Å². The number of amides is 2. The summed E-state index contributed by atoms with van der Waals surface area (Å²) in [6.07, 6.45) is 0. The molecule has 0 aliphatic carbocycles. The average Bonchev–Trinajstić information content (AvgIpc) is 2.62. The van der Waals surface area contributed by atoms with Crippen LogP contribution >= 0.6 is 0 Å². The molecule has 6 nitrogen and oxygen atoms in total. The normalized spacial score (nSPS) is 22.4. The third-order valence-corrected chi connectivity index (χ3v) is 3.52. The molecule has 0 unspecified atom stereocenters. The topological polar surface area (TPSA) is 76.7 Å². The van der Waals surface area contributed by atoms with Crippen molar-refractivity contribution in [3.63, 3.8) is 0 Å². The fourth-order valence-electron chi connectivity index (χ4n) is 2.46. The van der Waals surface area contributed by atoms with E-state index in [-0.39, 0.29) is 5.91 Å². The lowest BCUT2D eigenvalue weighted by atomic mass is 9.96. The Morgan fingerprint density at radius 2 is 2.00 bits per heavy atom. The van der Waals surface area contributed by atoms with Crippen LogP contribution in [0.15, 0.2) is 12.1 Å². The first kappa shape index (κ1) is 9.90. The fraction of sp³-hybridized carbons (Fsp3) is 0.333. The minimum absolute atomic E-state index is 0.295. The minimum atomic E-state index is -0.417. The molecule has 1 fully saturated rings. The van der Waals surface area contributed by atoms with Gasteiger partial charge in [0.05, 0.1) is 11.1 Å². The van der Waals surface area contributed by atoms with Gasteiger partial charge in [0.25, 0.3) is 11.8 Å². The summed E-state index contributed by atoms with van der Waals surface area (Å²) in [4.78, 5) is 23.3. The summed E-state index contributed by atoms with van der Waals surface area (Å²) in [5.41, 5.74) is 0.253. The van der Waals surface area contributed by atoms with E-state index in [0.717, 1.165) is 0 Å². The second-order valence-electron chi connectivity index (χ2n) is 4.78. The largest absolute Gasteiger partial charge is 0.485 e. The van der Waals surface area contributed by atoms with Crippen molar-refractivity contribution in [2.24, 2.45) is 0 Å². The lowest BCUT2D eigenvalue weighted by Gasteiger charge is -2.45. The standard InChI is InChI=1S/C12H10N2O4/c15-10-6-1-2-7-9(8(6)11(16)14-10)18-12(5-17-7)3-13-4-12/h1-2,13H,3-5H2,(H,14,15,16). The summed E-state index contributed by atoms with van der Waals surface area (Å²) in [5.74, 6) is 0.118. The first-order valence-corrected chi connectivity index (χ1v) is 5.74. The molecule has 18 heavy (non-hydrogen) atoms. The highest BCUT2D eigenvalue weighted by molar-refractivity contribution is 6.23. The van der Waals surface area contributed by atoms with Gasteiger partial charge in [-0.05, 0) is 12.1 Å². The maximum atomic E-state index is 11.8. The lowest BCUT2D eigenvalue weighted by Crippen LogP contribution is -2.67. The van der Waals surface area contributed by atoms with E-state index in [9.17, 15) is 9.59 Å². The zero-order chi connectivity index (χ0) is 12.3. The zero-order valence-corrected chi connectivity index (χ0v) is 9.41. The van der Waals surface area contributed by atoms with Crippen molar-refractivity contribution in [3.05, 3.63) is 23.3 Å². The lowest BCUT2D eigenvalue weighted by molar-refractivity contribution is -0.0463. The van der Waals surface area contributed by atoms with Gasteiger partial charge in [-0.2, -0.15) is 0 Å². The molecule has 0 bridgehead atoms. The monoisotopic (exact) mass is 246 g/mol. The molecular weight excluding hydrogens is 236 g/mol. The highest BCUT2D eigenvalue weighted by atomic mass is 16.6. The molecule has 92 valence electrons. The van der Waals surface area contributed by atoms with Gasteiger partial charge in [-0.1, -0.05) is 0 Å². The summed E-state index contributed by atoms with van der Waals surface area (Å²) in [7, 11) is 0. The molecular formula is C12H10N2O4. The number of nitrogens with one attached hydrogen (secondary N) is 2. The molecule has 0 saturated carbocycles. The predicted octanol–water partition coefficient (Wildman–Crippen LogP) is -0.317. The van der Waals surface area contributed by atoms with Gasteiger partial charge in [-0.3, -0.25) is 14.9 Å². The quantitative estimate of drug-likeness (QED) is 0.614. The number of imide groups is 1. The van der Waals surface area contributed by atoms with Crippen LogP contribution in [0.5, 0.6) is 11.5 Å². The van der Waals surface area contributed by atoms with E-state index in [2.05, 4.69) is 10.6 Å². The van der Waals surface area contributed by atoms with Crippen molar-refractivity contribution in [1.82, 2.24) is 10.6 Å². The number of carbonyl (C=O) groups excluding carboxylic acids is 2. The first-order valence-electron chi connectivity index (χ1n) is 5.74. The summed E-state index contributed by atoms with van der Waals surface area (Å²) in [6.45, 7) is 1.83. The van der Waals surface area contributed by atoms with Gasteiger partial charge in [0.2, 0.25) is 0 Å². The molecule has 3 aliphatic heterocycles. The Bertz CT molecular complexity index is 592. The van der Waals surface area contributed by atoms with Crippen molar-refractivity contribution in [2.45, 2.75) is 5.60 Å². The third kappa shape index (κ3) is 1.10. The van der Waals surface area contributed by atoms with E-state index in [1.165, 1.54) is 0 Å². The van der Waals surface area contributed by atoms with Gasteiger partial charge in [-0.25, -0.2) is 0 Å². The Morgan fingerprint density at radius 3 is 2.72 bits per heavy atom. The second-order valence-corrected chi connectivity index (χ2v) is 4.78. The van der Waals surface area contributed by atoms with Crippen LogP contribution in [0.1, 0.15) is 20.7 Å². The second kappa shape index (κ2) is 3.02. The van der Waals surface area contributed by atoms with Crippen LogP contribution in [0, 0.1) is 0 Å². The molecule has 3 heterocycles. The molecule has 1 aromatic carbocycles. The summed E-state index contributed by atoms with van der Waals surface area (Å²) in [5, 5.41) is 5.38. The van der Waals surface area contributed by atoms with Crippen LogP contribution in [-0.2, 0) is 0 Å². The van der Waals surface area contributed by atoms with Crippen LogP contribution in [0.3, 0.4) is 0 Å². The highest BCUT2D eigenvalue weighted by Gasteiger charge is 2.46. The number of benzene rings is 1. The summed E-state index contributed by atoms with van der Waals surface area (Å²) in [6, 6.07) is 3.26. The minimum Gasteiger partial charge on any atom is -0.485 e. The Kier molecular flexibility index (Phi) is 1.66. The molecule has 4 rings (SSSR count). The number of hydrogen-bond acceptors (Lipinski definition) is 5. The van der Waals surface area contributed by atoms with Gasteiger partial charge >= 0.3 is 0 Å². The SMILES string of the molecule is O=C1NC(=O)c2c1ccc1c2OC2(CNC2)CO1. The van der Waals surface area contributed by atoms with Crippen molar-refractivity contribution in [2.75, 3.05) is 19.7 Å². The van der Waals surface area contributed by atoms with Gasteiger partial charge in [0.1, 0.15) is 6.61 Å². The Hall–Kier alpha value is -2.08. The molecule has 6 heteroatoms. The Balaban J connectivity index is 1.88. The Labute approximate surface area is 102 Å². The smallest absolute Gasteiger partial charge is 0.262 e. The van der Waals surface area contributed by atoms with E-state index < -0.39 is 11.5 Å². The van der Waals surface area contributed by atoms with Gasteiger partial charge in [-0.15, -0.1) is 0 Å². The van der Waals surface area contributed by atoms with E-state index in [4.69, 9.17) is 9.47 Å².